The molecule has 3 aromatic rings. The molecule has 3 saturated heterocycles. The molecule has 196 valence electrons. The number of halogens is 4. The van der Waals surface area contributed by atoms with Crippen LogP contribution in [0, 0.1) is 23.4 Å². The molecule has 2 bridgehead atoms. The molecule has 1 atom stereocenters. The summed E-state index contributed by atoms with van der Waals surface area (Å²) < 4.78 is 48.6. The predicted molar refractivity (Wildman–Crippen MR) is 132 cm³/mol. The first-order chi connectivity index (χ1) is 17.4. The van der Waals surface area contributed by atoms with Crippen LogP contribution in [0.4, 0.5) is 23.7 Å². The number of amides is 1. The van der Waals surface area contributed by atoms with E-state index in [1.807, 2.05) is 6.07 Å². The number of carbonyl (C=O) groups excluding carboxylic acids is 1. The van der Waals surface area contributed by atoms with E-state index < -0.39 is 11.9 Å². The van der Waals surface area contributed by atoms with E-state index in [2.05, 4.69) is 0 Å². The molecule has 0 saturated carbocycles. The fourth-order valence-corrected chi connectivity index (χ4v) is 5.61. The summed E-state index contributed by atoms with van der Waals surface area (Å²) in [5.74, 6) is -0.857. The lowest BCUT2D eigenvalue weighted by atomic mass is 9.83. The van der Waals surface area contributed by atoms with Crippen LogP contribution in [0.15, 0.2) is 72.8 Å². The number of benzene rings is 3. The zero-order valence-electron chi connectivity index (χ0n) is 20.5. The normalized spacial score (nSPS) is 22.2. The average molecular weight is 575 g/mol. The van der Waals surface area contributed by atoms with Crippen LogP contribution in [0.25, 0.3) is 0 Å². The van der Waals surface area contributed by atoms with Gasteiger partial charge in [0.25, 0.3) is 0 Å². The molecule has 0 aromatic heterocycles. The van der Waals surface area contributed by atoms with Crippen LogP contribution in [-0.2, 0) is 17.7 Å². The van der Waals surface area contributed by atoms with Crippen molar-refractivity contribution in [3.8, 4) is 0 Å². The summed E-state index contributed by atoms with van der Waals surface area (Å²) in [7, 11) is 0. The summed E-state index contributed by atoms with van der Waals surface area (Å²) in [5, 5.41) is 0. The Hall–Kier alpha value is -2.84. The number of fused-ring (bicyclic) bond motifs is 3. The van der Waals surface area contributed by atoms with Crippen LogP contribution >= 0.6 is 0 Å². The van der Waals surface area contributed by atoms with Crippen molar-refractivity contribution in [3.63, 3.8) is 0 Å². The molecular weight excluding hydrogens is 545 g/mol. The van der Waals surface area contributed by atoms with Crippen molar-refractivity contribution in [1.29, 1.82) is 0 Å². The first-order valence-electron chi connectivity index (χ1n) is 12.5. The summed E-state index contributed by atoms with van der Waals surface area (Å²) in [6.45, 7) is 3.66. The van der Waals surface area contributed by atoms with E-state index in [0.717, 1.165) is 48.9 Å². The van der Waals surface area contributed by atoms with Gasteiger partial charge in [-0.1, -0.05) is 36.4 Å². The van der Waals surface area contributed by atoms with Crippen molar-refractivity contribution in [1.82, 2.24) is 0 Å². The number of para-hydroxylation sites is 1. The first kappa shape index (κ1) is 27.2. The predicted octanol–water partition coefficient (Wildman–Crippen LogP) is 3.10. The fourth-order valence-electron chi connectivity index (χ4n) is 5.61. The number of quaternary nitrogens is 1. The molecule has 0 N–H and O–H groups in total. The van der Waals surface area contributed by atoms with Crippen LogP contribution in [-0.4, -0.2) is 42.9 Å². The van der Waals surface area contributed by atoms with Crippen LogP contribution in [0.2, 0.25) is 0 Å². The average Bonchev–Trinajstić information content (AvgIpc) is 2.88. The Bertz CT molecular complexity index is 1220. The van der Waals surface area contributed by atoms with Gasteiger partial charge in [-0.05, 0) is 47.5 Å². The van der Waals surface area contributed by atoms with Crippen LogP contribution < -0.4 is 21.9 Å². The number of hydrogen-bond donors (Lipinski definition) is 0. The van der Waals surface area contributed by atoms with E-state index >= 15 is 0 Å². The Morgan fingerprint density at radius 3 is 2.32 bits per heavy atom. The van der Waals surface area contributed by atoms with Gasteiger partial charge in [-0.2, -0.15) is 0 Å². The maximum atomic E-state index is 14.7. The van der Waals surface area contributed by atoms with Gasteiger partial charge in [0.15, 0.2) is 6.10 Å². The Labute approximate surface area is 226 Å². The zero-order valence-corrected chi connectivity index (χ0v) is 22.0. The lowest BCUT2D eigenvalue weighted by Gasteiger charge is -2.52. The second-order valence-corrected chi connectivity index (χ2v) is 10.00. The molecular formula is C29H30BrF3N2O2. The molecule has 3 aromatic carbocycles. The second-order valence-electron chi connectivity index (χ2n) is 10.00. The first-order valence-corrected chi connectivity index (χ1v) is 12.5. The van der Waals surface area contributed by atoms with E-state index in [1.165, 1.54) is 29.2 Å². The quantitative estimate of drug-likeness (QED) is 0.406. The number of anilines is 1. The van der Waals surface area contributed by atoms with E-state index in [-0.39, 0.29) is 52.9 Å². The van der Waals surface area contributed by atoms with Crippen molar-refractivity contribution < 1.29 is 44.2 Å². The van der Waals surface area contributed by atoms with Gasteiger partial charge in [0.05, 0.1) is 31.9 Å². The van der Waals surface area contributed by atoms with Gasteiger partial charge in [0.2, 0.25) is 0 Å². The number of hydrogen-bond acceptors (Lipinski definition) is 2. The van der Waals surface area contributed by atoms with Crippen LogP contribution in [0.5, 0.6) is 0 Å². The molecule has 6 rings (SSSR count). The highest BCUT2D eigenvalue weighted by Gasteiger charge is 2.47. The van der Waals surface area contributed by atoms with Gasteiger partial charge >= 0.3 is 6.09 Å². The van der Waals surface area contributed by atoms with Crippen LogP contribution in [0.3, 0.4) is 0 Å². The molecule has 0 aliphatic carbocycles. The summed E-state index contributed by atoms with van der Waals surface area (Å²) in [4.78, 5) is 14.7. The molecule has 37 heavy (non-hydrogen) atoms. The third kappa shape index (κ3) is 6.36. The molecule has 8 heteroatoms. The minimum atomic E-state index is -0.605. The maximum absolute atomic E-state index is 14.7. The van der Waals surface area contributed by atoms with E-state index in [4.69, 9.17) is 4.74 Å². The maximum Gasteiger partial charge on any atom is 0.415 e. The smallest absolute Gasteiger partial charge is 0.415 e. The molecule has 4 nitrogen and oxygen atoms in total. The zero-order chi connectivity index (χ0) is 25.1. The molecule has 0 unspecified atom stereocenters. The molecule has 3 aliphatic rings. The summed E-state index contributed by atoms with van der Waals surface area (Å²) >= 11 is 0. The van der Waals surface area contributed by atoms with E-state index in [0.29, 0.717) is 12.1 Å². The number of ether oxygens (including phenoxy) is 1. The van der Waals surface area contributed by atoms with Crippen molar-refractivity contribution in [2.45, 2.75) is 31.9 Å². The SMILES string of the molecule is O=C(O[C@H]1C[N+]2(CCc3cccc(F)c3)CCC1CC2)N(Cc1ccc(F)cc1)c1ccccc1F.[Br-]. The molecule has 3 aliphatic heterocycles. The third-order valence-electron chi connectivity index (χ3n) is 7.68. The molecule has 0 spiro atoms. The Morgan fingerprint density at radius 1 is 0.892 bits per heavy atom. The van der Waals surface area contributed by atoms with Crippen molar-refractivity contribution in [3.05, 3.63) is 101 Å². The third-order valence-corrected chi connectivity index (χ3v) is 7.68. The molecule has 0 radical (unpaired) electrons. The van der Waals surface area contributed by atoms with Gasteiger partial charge in [-0.25, -0.2) is 18.0 Å². The Morgan fingerprint density at radius 2 is 1.62 bits per heavy atom. The minimum absolute atomic E-state index is 0. The number of nitrogens with zero attached hydrogens (tertiary/aromatic N) is 2. The van der Waals surface area contributed by atoms with Gasteiger partial charge < -0.3 is 26.2 Å². The summed E-state index contributed by atoms with van der Waals surface area (Å²) in [5.41, 5.74) is 1.76. The highest BCUT2D eigenvalue weighted by molar-refractivity contribution is 5.87. The summed E-state index contributed by atoms with van der Waals surface area (Å²) in [6, 6.07) is 18.6. The standard InChI is InChI=1S/C29H30F3N2O2.BrH/c30-24-10-8-22(9-11-24)19-33(27-7-2-1-6-26(27)32)29(35)36-28-20-34(16-13-23(28)14-17-34)15-12-21-4-3-5-25(31)18-21;/h1-11,18,23,28H,12-17,19-20H2;1H/q+1;/p-1/t23?,28-,34?;/m0./s1. The second kappa shape index (κ2) is 11.7. The van der Waals surface area contributed by atoms with Crippen molar-refractivity contribution >= 4 is 11.8 Å². The Kier molecular flexibility index (Phi) is 8.60. The molecule has 3 fully saturated rings. The van der Waals surface area contributed by atoms with Gasteiger partial charge in [0.1, 0.15) is 24.0 Å². The lowest BCUT2D eigenvalue weighted by molar-refractivity contribution is -0.945. The topological polar surface area (TPSA) is 29.5 Å². The number of rotatable bonds is 7. The van der Waals surface area contributed by atoms with Gasteiger partial charge in [-0.3, -0.25) is 4.90 Å². The van der Waals surface area contributed by atoms with E-state index in [9.17, 15) is 18.0 Å². The van der Waals surface area contributed by atoms with E-state index in [1.54, 1.807) is 42.5 Å². The minimum Gasteiger partial charge on any atom is -1.00 e. The van der Waals surface area contributed by atoms with Crippen molar-refractivity contribution in [2.24, 2.45) is 5.92 Å². The molecule has 1 amide bonds. The lowest BCUT2D eigenvalue weighted by Crippen LogP contribution is -3.00. The number of piperidine rings is 3. The van der Waals surface area contributed by atoms with Gasteiger partial charge in [-0.15, -0.1) is 0 Å². The van der Waals surface area contributed by atoms with Crippen molar-refractivity contribution in [2.75, 3.05) is 31.1 Å². The Balaban J connectivity index is 0.00000320. The fraction of sp³-hybridized carbons (Fsp3) is 0.345. The molecule has 3 heterocycles. The summed E-state index contributed by atoms with van der Waals surface area (Å²) in [6.07, 6.45) is 1.80. The van der Waals surface area contributed by atoms with Crippen LogP contribution in [0.1, 0.15) is 24.0 Å². The highest BCUT2D eigenvalue weighted by atomic mass is 79.9. The largest absolute Gasteiger partial charge is 1.00 e. The monoisotopic (exact) mass is 574 g/mol. The number of carbonyl (C=O) groups is 1. The highest BCUT2D eigenvalue weighted by Crippen LogP contribution is 2.36. The van der Waals surface area contributed by atoms with Gasteiger partial charge in [0, 0.05) is 25.2 Å².